The van der Waals surface area contributed by atoms with Gasteiger partial charge in [-0.3, -0.25) is 4.79 Å². The van der Waals surface area contributed by atoms with Crippen LogP contribution >= 0.6 is 0 Å². The van der Waals surface area contributed by atoms with Crippen LogP contribution in [-0.2, 0) is 4.79 Å². The van der Waals surface area contributed by atoms with Crippen LogP contribution in [0.4, 0.5) is 8.78 Å². The van der Waals surface area contributed by atoms with Gasteiger partial charge in [-0.05, 0) is 44.7 Å². The van der Waals surface area contributed by atoms with E-state index in [0.29, 0.717) is 12.5 Å². The van der Waals surface area contributed by atoms with Gasteiger partial charge in [-0.1, -0.05) is 18.9 Å². The van der Waals surface area contributed by atoms with Crippen molar-refractivity contribution in [1.29, 1.82) is 0 Å². The van der Waals surface area contributed by atoms with E-state index in [-0.39, 0.29) is 18.0 Å². The lowest BCUT2D eigenvalue weighted by atomic mass is 10.0. The quantitative estimate of drug-likeness (QED) is 0.715. The maximum absolute atomic E-state index is 13.7. The lowest BCUT2D eigenvalue weighted by Crippen LogP contribution is -2.54. The summed E-state index contributed by atoms with van der Waals surface area (Å²) in [6.07, 6.45) is 3.33. The van der Waals surface area contributed by atoms with Crippen molar-refractivity contribution >= 4 is 5.91 Å². The van der Waals surface area contributed by atoms with Gasteiger partial charge < -0.3 is 15.7 Å². The predicted octanol–water partition coefficient (Wildman–Crippen LogP) is 2.67. The lowest BCUT2D eigenvalue weighted by molar-refractivity contribution is -0.126. The number of amides is 1. The summed E-state index contributed by atoms with van der Waals surface area (Å²) in [6, 6.07) is 3.44. The van der Waals surface area contributed by atoms with Crippen molar-refractivity contribution < 1.29 is 18.7 Å². The van der Waals surface area contributed by atoms with Crippen LogP contribution in [-0.4, -0.2) is 29.6 Å². The van der Waals surface area contributed by atoms with Crippen LogP contribution < -0.4 is 10.6 Å². The summed E-state index contributed by atoms with van der Waals surface area (Å²) < 4.78 is 27.3. The molecule has 2 rings (SSSR count). The molecule has 0 saturated heterocycles. The van der Waals surface area contributed by atoms with E-state index >= 15 is 0 Å². The van der Waals surface area contributed by atoms with Crippen LogP contribution in [0.25, 0.3) is 0 Å². The van der Waals surface area contributed by atoms with Crippen LogP contribution in [0.15, 0.2) is 18.2 Å². The van der Waals surface area contributed by atoms with Gasteiger partial charge in [-0.15, -0.1) is 0 Å². The van der Waals surface area contributed by atoms with Crippen molar-refractivity contribution in [2.45, 2.75) is 51.2 Å². The highest BCUT2D eigenvalue weighted by atomic mass is 19.1. The molecule has 4 nitrogen and oxygen atoms in total. The molecule has 1 aromatic carbocycles. The number of carbonyl (C=O) groups is 1. The molecular weight excluding hydrogens is 314 g/mol. The first-order chi connectivity index (χ1) is 11.3. The zero-order valence-electron chi connectivity index (χ0n) is 14.2. The van der Waals surface area contributed by atoms with E-state index in [1.165, 1.54) is 18.9 Å². The SMILES string of the molecule is CC(C)(NCC(O)c1c(F)cccc1F)C(=O)NCC1CCCC1. The molecule has 1 aromatic rings. The van der Waals surface area contributed by atoms with E-state index in [1.54, 1.807) is 13.8 Å². The van der Waals surface area contributed by atoms with E-state index in [0.717, 1.165) is 25.0 Å². The summed E-state index contributed by atoms with van der Waals surface area (Å²) in [5.74, 6) is -1.25. The van der Waals surface area contributed by atoms with Crippen LogP contribution in [0.2, 0.25) is 0 Å². The summed E-state index contributed by atoms with van der Waals surface area (Å²) >= 11 is 0. The molecule has 6 heteroatoms. The first-order valence-corrected chi connectivity index (χ1v) is 8.46. The van der Waals surface area contributed by atoms with Gasteiger partial charge in [0.15, 0.2) is 0 Å². The molecule has 1 atom stereocenters. The van der Waals surface area contributed by atoms with Gasteiger partial charge in [0.1, 0.15) is 11.6 Å². The summed E-state index contributed by atoms with van der Waals surface area (Å²) in [5, 5.41) is 15.9. The molecule has 0 aromatic heterocycles. The van der Waals surface area contributed by atoms with Crippen molar-refractivity contribution in [2.75, 3.05) is 13.1 Å². The first-order valence-electron chi connectivity index (χ1n) is 8.46. The topological polar surface area (TPSA) is 61.4 Å². The smallest absolute Gasteiger partial charge is 0.239 e. The molecule has 0 aliphatic heterocycles. The maximum atomic E-state index is 13.7. The second kappa shape index (κ2) is 8.03. The average Bonchev–Trinajstić information content (AvgIpc) is 3.04. The Hall–Kier alpha value is -1.53. The lowest BCUT2D eigenvalue weighted by Gasteiger charge is -2.27. The van der Waals surface area contributed by atoms with Crippen molar-refractivity contribution in [1.82, 2.24) is 10.6 Å². The average molecular weight is 340 g/mol. The third-order valence-corrected chi connectivity index (χ3v) is 4.66. The molecular formula is C18H26F2N2O2. The van der Waals surface area contributed by atoms with Crippen molar-refractivity contribution in [2.24, 2.45) is 5.92 Å². The summed E-state index contributed by atoms with van der Waals surface area (Å²) in [5.41, 5.74) is -1.33. The Kier molecular flexibility index (Phi) is 6.29. The fourth-order valence-electron chi connectivity index (χ4n) is 3.04. The molecule has 3 N–H and O–H groups in total. The Labute approximate surface area is 141 Å². The van der Waals surface area contributed by atoms with Gasteiger partial charge in [0.05, 0.1) is 17.2 Å². The molecule has 0 heterocycles. The van der Waals surface area contributed by atoms with E-state index in [4.69, 9.17) is 0 Å². The third-order valence-electron chi connectivity index (χ3n) is 4.66. The summed E-state index contributed by atoms with van der Waals surface area (Å²) in [4.78, 5) is 12.3. The van der Waals surface area contributed by atoms with E-state index in [9.17, 15) is 18.7 Å². The summed E-state index contributed by atoms with van der Waals surface area (Å²) in [6.45, 7) is 3.89. The molecule has 1 fully saturated rings. The van der Waals surface area contributed by atoms with Crippen molar-refractivity contribution in [3.63, 3.8) is 0 Å². The number of rotatable bonds is 7. The fourth-order valence-corrected chi connectivity index (χ4v) is 3.04. The zero-order chi connectivity index (χ0) is 17.7. The van der Waals surface area contributed by atoms with Crippen LogP contribution in [0.3, 0.4) is 0 Å². The number of β-amino-alcohol motifs (C(OH)–C–C–N with tert-alkyl or cyclic N) is 1. The Morgan fingerprint density at radius 3 is 2.46 bits per heavy atom. The monoisotopic (exact) mass is 340 g/mol. The molecule has 1 unspecified atom stereocenters. The van der Waals surface area contributed by atoms with Gasteiger partial charge in [0.2, 0.25) is 5.91 Å². The van der Waals surface area contributed by atoms with Gasteiger partial charge in [0.25, 0.3) is 0 Å². The van der Waals surface area contributed by atoms with Crippen LogP contribution in [0, 0.1) is 17.6 Å². The molecule has 0 radical (unpaired) electrons. The second-order valence-electron chi connectivity index (χ2n) is 7.02. The number of carbonyl (C=O) groups excluding carboxylic acids is 1. The highest BCUT2D eigenvalue weighted by molar-refractivity contribution is 5.85. The molecule has 1 amide bonds. The first kappa shape index (κ1) is 18.8. The number of nitrogens with one attached hydrogen (secondary N) is 2. The highest BCUT2D eigenvalue weighted by Gasteiger charge is 2.29. The fraction of sp³-hybridized carbons (Fsp3) is 0.611. The molecule has 1 aliphatic carbocycles. The molecule has 0 bridgehead atoms. The third kappa shape index (κ3) is 4.74. The predicted molar refractivity (Wildman–Crippen MR) is 88.4 cm³/mol. The number of aliphatic hydroxyl groups is 1. The molecule has 24 heavy (non-hydrogen) atoms. The Morgan fingerprint density at radius 1 is 1.29 bits per heavy atom. The molecule has 1 aliphatic rings. The largest absolute Gasteiger partial charge is 0.387 e. The van der Waals surface area contributed by atoms with Crippen molar-refractivity contribution in [3.05, 3.63) is 35.4 Å². The van der Waals surface area contributed by atoms with Crippen molar-refractivity contribution in [3.8, 4) is 0 Å². The highest BCUT2D eigenvalue weighted by Crippen LogP contribution is 2.24. The van der Waals surface area contributed by atoms with Gasteiger partial charge in [-0.2, -0.15) is 0 Å². The normalized spacial score (nSPS) is 17.0. The molecule has 1 saturated carbocycles. The number of hydrogen-bond donors (Lipinski definition) is 3. The molecule has 0 spiro atoms. The van der Waals surface area contributed by atoms with E-state index in [2.05, 4.69) is 10.6 Å². The van der Waals surface area contributed by atoms with E-state index < -0.39 is 23.3 Å². The zero-order valence-corrected chi connectivity index (χ0v) is 14.2. The minimum absolute atomic E-state index is 0.123. The number of halogens is 2. The Morgan fingerprint density at radius 2 is 1.88 bits per heavy atom. The maximum Gasteiger partial charge on any atom is 0.239 e. The summed E-state index contributed by atoms with van der Waals surface area (Å²) in [7, 11) is 0. The Bertz CT molecular complexity index is 552. The van der Waals surface area contributed by atoms with Gasteiger partial charge >= 0.3 is 0 Å². The minimum Gasteiger partial charge on any atom is -0.387 e. The minimum atomic E-state index is -1.37. The van der Waals surface area contributed by atoms with E-state index in [1.807, 2.05) is 0 Å². The molecule has 134 valence electrons. The van der Waals surface area contributed by atoms with Gasteiger partial charge in [-0.25, -0.2) is 8.78 Å². The van der Waals surface area contributed by atoms with Gasteiger partial charge in [0, 0.05) is 13.1 Å². The number of hydrogen-bond acceptors (Lipinski definition) is 3. The Balaban J connectivity index is 1.87. The number of aliphatic hydroxyl groups excluding tert-OH is 1. The standard InChI is InChI=1S/C18H26F2N2O2/c1-18(2,17(24)21-10-12-6-3-4-7-12)22-11-15(23)16-13(19)8-5-9-14(16)20/h5,8-9,12,15,22-23H,3-4,6-7,10-11H2,1-2H3,(H,21,24). The number of benzene rings is 1. The second-order valence-corrected chi connectivity index (χ2v) is 7.02. The van der Waals surface area contributed by atoms with Crippen LogP contribution in [0.1, 0.15) is 51.2 Å². The van der Waals surface area contributed by atoms with Crippen LogP contribution in [0.5, 0.6) is 0 Å².